The summed E-state index contributed by atoms with van der Waals surface area (Å²) in [5.41, 5.74) is 5.30. The minimum Gasteiger partial charge on any atom is -0.468 e. The zero-order valence-corrected chi connectivity index (χ0v) is 8.60. The highest BCUT2D eigenvalue weighted by Crippen LogP contribution is 2.23. The number of carbonyl (C=O) groups is 1. The molecule has 3 N–H and O–H groups in total. The molecule has 0 heterocycles. The molecule has 0 aromatic carbocycles. The first-order valence-electron chi connectivity index (χ1n) is 4.40. The van der Waals surface area contributed by atoms with Crippen LogP contribution in [0.2, 0.25) is 0 Å². The second-order valence-electron chi connectivity index (χ2n) is 3.09. The molecule has 0 aromatic rings. The van der Waals surface area contributed by atoms with Crippen LogP contribution < -0.4 is 11.1 Å². The molecule has 7 heteroatoms. The van der Waals surface area contributed by atoms with Gasteiger partial charge in [0.15, 0.2) is 0 Å². The predicted octanol–water partition coefficient (Wildman–Crippen LogP) is 0.417. The van der Waals surface area contributed by atoms with E-state index in [4.69, 9.17) is 5.73 Å². The summed E-state index contributed by atoms with van der Waals surface area (Å²) >= 11 is 0. The quantitative estimate of drug-likeness (QED) is 0.669. The Morgan fingerprint density at radius 2 is 2.00 bits per heavy atom. The van der Waals surface area contributed by atoms with Crippen LogP contribution in [0.4, 0.5) is 13.2 Å². The molecule has 0 saturated carbocycles. The summed E-state index contributed by atoms with van der Waals surface area (Å²) < 4.78 is 41.0. The molecule has 15 heavy (non-hydrogen) atoms. The maximum atomic E-state index is 12.2. The van der Waals surface area contributed by atoms with Gasteiger partial charge < -0.3 is 15.8 Å². The summed E-state index contributed by atoms with van der Waals surface area (Å²) in [6.07, 6.45) is -4.65. The fourth-order valence-electron chi connectivity index (χ4n) is 1.09. The highest BCUT2D eigenvalue weighted by molar-refractivity contribution is 5.75. The number of rotatable bonds is 5. The first-order chi connectivity index (χ1) is 6.82. The summed E-state index contributed by atoms with van der Waals surface area (Å²) in [5, 5.41) is 2.12. The van der Waals surface area contributed by atoms with Gasteiger partial charge in [-0.3, -0.25) is 4.79 Å². The van der Waals surface area contributed by atoms with Gasteiger partial charge in [-0.05, 0) is 19.9 Å². The van der Waals surface area contributed by atoms with Gasteiger partial charge in [0, 0.05) is 0 Å². The molecule has 0 aliphatic carbocycles. The first kappa shape index (κ1) is 14.2. The Labute approximate surface area is 86.0 Å². The zero-order chi connectivity index (χ0) is 12.1. The summed E-state index contributed by atoms with van der Waals surface area (Å²) in [6, 6.07) is -2.65. The van der Waals surface area contributed by atoms with E-state index in [1.54, 1.807) is 0 Å². The van der Waals surface area contributed by atoms with E-state index < -0.39 is 24.2 Å². The third-order valence-corrected chi connectivity index (χ3v) is 2.01. The minimum absolute atomic E-state index is 0.0717. The molecule has 0 rings (SSSR count). The number of methoxy groups -OCH3 is 1. The molecule has 0 radical (unpaired) electrons. The molecular formula is C8H15F3N2O2. The van der Waals surface area contributed by atoms with Gasteiger partial charge >= 0.3 is 12.1 Å². The van der Waals surface area contributed by atoms with Gasteiger partial charge in [-0.1, -0.05) is 0 Å². The van der Waals surface area contributed by atoms with Crippen LogP contribution in [0, 0.1) is 0 Å². The first-order valence-corrected chi connectivity index (χ1v) is 4.40. The molecule has 4 nitrogen and oxygen atoms in total. The maximum absolute atomic E-state index is 12.2. The molecule has 0 saturated heterocycles. The Morgan fingerprint density at radius 3 is 2.33 bits per heavy atom. The van der Waals surface area contributed by atoms with Gasteiger partial charge in [-0.2, -0.15) is 13.2 Å². The van der Waals surface area contributed by atoms with E-state index in [1.165, 1.54) is 7.05 Å². The van der Waals surface area contributed by atoms with Crippen molar-refractivity contribution < 1.29 is 22.7 Å². The number of nitrogens with two attached hydrogens (primary N) is 1. The van der Waals surface area contributed by atoms with E-state index in [-0.39, 0.29) is 12.8 Å². The molecule has 0 aliphatic rings. The topological polar surface area (TPSA) is 64.3 Å². The van der Waals surface area contributed by atoms with Crippen LogP contribution in [-0.2, 0) is 9.53 Å². The molecule has 0 fully saturated rings. The Morgan fingerprint density at radius 1 is 1.47 bits per heavy atom. The normalized spacial score (nSPS) is 15.9. The standard InChI is InChI=1S/C8H15F3N2O2/c1-13-6(8(9,10)11)4-3-5(12)7(14)15-2/h5-6,13H,3-4,12H2,1-2H3/t5-,6-/m1/s1. The minimum atomic E-state index is -4.33. The number of ether oxygens (including phenoxy) is 1. The summed E-state index contributed by atoms with van der Waals surface area (Å²) in [4.78, 5) is 10.8. The second-order valence-corrected chi connectivity index (χ2v) is 3.09. The Kier molecular flexibility index (Phi) is 5.59. The van der Waals surface area contributed by atoms with Gasteiger partial charge in [0.05, 0.1) is 7.11 Å². The highest BCUT2D eigenvalue weighted by Gasteiger charge is 2.38. The van der Waals surface area contributed by atoms with Gasteiger partial charge in [0.1, 0.15) is 12.1 Å². The number of carbonyl (C=O) groups excluding carboxylic acids is 1. The number of esters is 1. The average molecular weight is 228 g/mol. The molecule has 0 amide bonds. The van der Waals surface area contributed by atoms with E-state index >= 15 is 0 Å². The molecule has 0 spiro atoms. The molecule has 0 bridgehead atoms. The van der Waals surface area contributed by atoms with Crippen LogP contribution in [0.3, 0.4) is 0 Å². The summed E-state index contributed by atoms with van der Waals surface area (Å²) in [7, 11) is 2.35. The van der Waals surface area contributed by atoms with Crippen molar-refractivity contribution in [2.75, 3.05) is 14.2 Å². The average Bonchev–Trinajstić information content (AvgIpc) is 2.15. The lowest BCUT2D eigenvalue weighted by molar-refractivity contribution is -0.157. The molecule has 0 unspecified atom stereocenters. The number of halogens is 3. The van der Waals surface area contributed by atoms with Crippen LogP contribution in [0.25, 0.3) is 0 Å². The van der Waals surface area contributed by atoms with E-state index in [0.29, 0.717) is 0 Å². The molecule has 2 atom stereocenters. The van der Waals surface area contributed by atoms with Crippen LogP contribution in [0.1, 0.15) is 12.8 Å². The largest absolute Gasteiger partial charge is 0.468 e. The van der Waals surface area contributed by atoms with Crippen LogP contribution in [0.5, 0.6) is 0 Å². The Balaban J connectivity index is 4.07. The monoisotopic (exact) mass is 228 g/mol. The smallest absolute Gasteiger partial charge is 0.403 e. The van der Waals surface area contributed by atoms with Crippen molar-refractivity contribution in [1.29, 1.82) is 0 Å². The third kappa shape index (κ3) is 4.98. The lowest BCUT2D eigenvalue weighted by atomic mass is 10.1. The molecule has 0 aliphatic heterocycles. The number of nitrogens with one attached hydrogen (secondary N) is 1. The third-order valence-electron chi connectivity index (χ3n) is 2.01. The van der Waals surface area contributed by atoms with Crippen molar-refractivity contribution in [3.8, 4) is 0 Å². The fourth-order valence-corrected chi connectivity index (χ4v) is 1.09. The van der Waals surface area contributed by atoms with Crippen molar-refractivity contribution in [2.24, 2.45) is 5.73 Å². The highest BCUT2D eigenvalue weighted by atomic mass is 19.4. The molecule has 90 valence electrons. The van der Waals surface area contributed by atoms with Crippen molar-refractivity contribution >= 4 is 5.97 Å². The maximum Gasteiger partial charge on any atom is 0.403 e. The van der Waals surface area contributed by atoms with E-state index in [1.807, 2.05) is 0 Å². The van der Waals surface area contributed by atoms with Gasteiger partial charge in [-0.15, -0.1) is 0 Å². The number of alkyl halides is 3. The fraction of sp³-hybridized carbons (Fsp3) is 0.875. The van der Waals surface area contributed by atoms with Crippen molar-refractivity contribution in [3.63, 3.8) is 0 Å². The van der Waals surface area contributed by atoms with Crippen LogP contribution in [-0.4, -0.2) is 38.4 Å². The predicted molar refractivity (Wildman–Crippen MR) is 48.1 cm³/mol. The summed E-state index contributed by atoms with van der Waals surface area (Å²) in [5.74, 6) is -0.702. The number of hydrogen-bond donors (Lipinski definition) is 2. The molecule has 0 aromatic heterocycles. The van der Waals surface area contributed by atoms with Crippen molar-refractivity contribution in [1.82, 2.24) is 5.32 Å². The van der Waals surface area contributed by atoms with Crippen LogP contribution >= 0.6 is 0 Å². The lowest BCUT2D eigenvalue weighted by Crippen LogP contribution is -2.42. The Hall–Kier alpha value is -0.820. The van der Waals surface area contributed by atoms with E-state index in [0.717, 1.165) is 7.11 Å². The van der Waals surface area contributed by atoms with Crippen molar-refractivity contribution in [2.45, 2.75) is 31.1 Å². The van der Waals surface area contributed by atoms with Gasteiger partial charge in [-0.25, -0.2) is 0 Å². The number of hydrogen-bond acceptors (Lipinski definition) is 4. The second kappa shape index (κ2) is 5.92. The van der Waals surface area contributed by atoms with Gasteiger partial charge in [0.25, 0.3) is 0 Å². The van der Waals surface area contributed by atoms with Gasteiger partial charge in [0.2, 0.25) is 0 Å². The zero-order valence-electron chi connectivity index (χ0n) is 8.60. The molecular weight excluding hydrogens is 213 g/mol. The lowest BCUT2D eigenvalue weighted by Gasteiger charge is -2.20. The van der Waals surface area contributed by atoms with Crippen LogP contribution in [0.15, 0.2) is 0 Å². The van der Waals surface area contributed by atoms with E-state index in [2.05, 4.69) is 10.1 Å². The Bertz CT molecular complexity index is 209. The SMILES string of the molecule is CN[C@H](CC[C@@H](N)C(=O)OC)C(F)(F)F. The van der Waals surface area contributed by atoms with E-state index in [9.17, 15) is 18.0 Å². The van der Waals surface area contributed by atoms with Crippen molar-refractivity contribution in [3.05, 3.63) is 0 Å². The summed E-state index contributed by atoms with van der Waals surface area (Å²) in [6.45, 7) is 0.